The summed E-state index contributed by atoms with van der Waals surface area (Å²) in [4.78, 5) is 14.8. The monoisotopic (exact) mass is 289 g/mol. The third-order valence-corrected chi connectivity index (χ3v) is 3.70. The molecule has 20 heavy (non-hydrogen) atoms. The van der Waals surface area contributed by atoms with Gasteiger partial charge >= 0.3 is 5.69 Å². The molecule has 0 saturated carbocycles. The van der Waals surface area contributed by atoms with E-state index in [0.717, 1.165) is 22.4 Å². The Morgan fingerprint density at radius 2 is 2.25 bits per heavy atom. The summed E-state index contributed by atoms with van der Waals surface area (Å²) in [7, 11) is 0. The molecule has 0 spiro atoms. The van der Waals surface area contributed by atoms with E-state index in [1.54, 1.807) is 11.8 Å². The molecular formula is C14H15N3O2S. The van der Waals surface area contributed by atoms with Crippen LogP contribution in [0.4, 0.5) is 11.4 Å². The van der Waals surface area contributed by atoms with E-state index in [1.165, 1.54) is 6.20 Å². The van der Waals surface area contributed by atoms with E-state index in [2.05, 4.69) is 16.9 Å². The van der Waals surface area contributed by atoms with Crippen LogP contribution in [0.3, 0.4) is 0 Å². The van der Waals surface area contributed by atoms with Gasteiger partial charge in [-0.05, 0) is 6.07 Å². The maximum absolute atomic E-state index is 11.1. The van der Waals surface area contributed by atoms with Gasteiger partial charge in [0.2, 0.25) is 0 Å². The van der Waals surface area contributed by atoms with Crippen molar-refractivity contribution in [2.75, 3.05) is 23.4 Å². The van der Waals surface area contributed by atoms with Crippen molar-refractivity contribution in [2.45, 2.75) is 0 Å². The van der Waals surface area contributed by atoms with Gasteiger partial charge in [-0.15, -0.1) is 6.58 Å². The first-order chi connectivity index (χ1) is 9.74. The molecule has 6 heteroatoms. The first-order valence-electron chi connectivity index (χ1n) is 6.18. The van der Waals surface area contributed by atoms with Gasteiger partial charge in [0.15, 0.2) is 0 Å². The lowest BCUT2D eigenvalue weighted by atomic mass is 10.1. The van der Waals surface area contributed by atoms with Crippen molar-refractivity contribution in [3.05, 3.63) is 53.2 Å². The number of fused-ring (bicyclic) bond motifs is 1. The van der Waals surface area contributed by atoms with Gasteiger partial charge in [0.05, 0.1) is 10.4 Å². The van der Waals surface area contributed by atoms with Crippen LogP contribution in [-0.4, -0.2) is 28.0 Å². The second kappa shape index (κ2) is 6.91. The van der Waals surface area contributed by atoms with Crippen molar-refractivity contribution >= 4 is 34.0 Å². The van der Waals surface area contributed by atoms with Crippen LogP contribution in [0.15, 0.2) is 43.1 Å². The Morgan fingerprint density at radius 1 is 1.45 bits per heavy atom. The number of rotatable bonds is 7. The summed E-state index contributed by atoms with van der Waals surface area (Å²) < 4.78 is 0. The van der Waals surface area contributed by atoms with Crippen molar-refractivity contribution in [1.29, 1.82) is 0 Å². The first kappa shape index (κ1) is 14.3. The second-order valence-electron chi connectivity index (χ2n) is 4.08. The molecule has 0 aliphatic heterocycles. The van der Waals surface area contributed by atoms with Crippen LogP contribution in [0.1, 0.15) is 0 Å². The molecule has 0 fully saturated rings. The standard InChI is InChI=1S/C14H15N3O2S/c1-2-8-20-9-7-15-14-11-5-3-4-6-12(11)16-10-13(14)17(18)19/h2-6,10H,1,7-9H2,(H,15,16). The minimum Gasteiger partial charge on any atom is -0.378 e. The molecule has 1 aromatic carbocycles. The fraction of sp³-hybridized carbons (Fsp3) is 0.214. The highest BCUT2D eigenvalue weighted by molar-refractivity contribution is 7.99. The van der Waals surface area contributed by atoms with Crippen LogP contribution in [0.25, 0.3) is 10.9 Å². The first-order valence-corrected chi connectivity index (χ1v) is 7.34. The SMILES string of the molecule is C=CCSCCNc1c([N+](=O)[O-])cnc2ccccc12. The zero-order valence-corrected chi connectivity index (χ0v) is 11.7. The smallest absolute Gasteiger partial charge is 0.311 e. The van der Waals surface area contributed by atoms with Gasteiger partial charge < -0.3 is 5.32 Å². The summed E-state index contributed by atoms with van der Waals surface area (Å²) in [6.07, 6.45) is 3.15. The predicted molar refractivity (Wildman–Crippen MR) is 84.4 cm³/mol. The van der Waals surface area contributed by atoms with E-state index >= 15 is 0 Å². The molecule has 0 amide bonds. The number of thioether (sulfide) groups is 1. The minimum atomic E-state index is -0.404. The van der Waals surface area contributed by atoms with Crippen molar-refractivity contribution in [1.82, 2.24) is 4.98 Å². The van der Waals surface area contributed by atoms with Crippen LogP contribution < -0.4 is 5.32 Å². The molecule has 104 valence electrons. The number of pyridine rings is 1. The second-order valence-corrected chi connectivity index (χ2v) is 5.23. The average Bonchev–Trinajstić information content (AvgIpc) is 2.46. The quantitative estimate of drug-likeness (QED) is 0.366. The van der Waals surface area contributed by atoms with E-state index in [9.17, 15) is 10.1 Å². The van der Waals surface area contributed by atoms with E-state index in [-0.39, 0.29) is 5.69 Å². The Balaban J connectivity index is 2.25. The van der Waals surface area contributed by atoms with Crippen LogP contribution in [0.2, 0.25) is 0 Å². The summed E-state index contributed by atoms with van der Waals surface area (Å²) in [6, 6.07) is 7.40. The van der Waals surface area contributed by atoms with Crippen LogP contribution in [0, 0.1) is 10.1 Å². The van der Waals surface area contributed by atoms with Gasteiger partial charge in [0.25, 0.3) is 0 Å². The summed E-state index contributed by atoms with van der Waals surface area (Å²) in [5.74, 6) is 1.74. The molecule has 1 aromatic heterocycles. The summed E-state index contributed by atoms with van der Waals surface area (Å²) in [6.45, 7) is 4.32. The average molecular weight is 289 g/mol. The van der Waals surface area contributed by atoms with Gasteiger partial charge in [0, 0.05) is 23.4 Å². The van der Waals surface area contributed by atoms with E-state index < -0.39 is 4.92 Å². The number of aromatic nitrogens is 1. The lowest BCUT2D eigenvalue weighted by Crippen LogP contribution is -2.07. The number of para-hydroxylation sites is 1. The Labute approximate surface area is 121 Å². The highest BCUT2D eigenvalue weighted by atomic mass is 32.2. The zero-order valence-electron chi connectivity index (χ0n) is 10.9. The number of nitrogens with one attached hydrogen (secondary N) is 1. The van der Waals surface area contributed by atoms with E-state index in [0.29, 0.717) is 12.2 Å². The number of hydrogen-bond acceptors (Lipinski definition) is 5. The molecule has 0 atom stereocenters. The largest absolute Gasteiger partial charge is 0.378 e. The number of hydrogen-bond donors (Lipinski definition) is 1. The van der Waals surface area contributed by atoms with Crippen molar-refractivity contribution in [3.8, 4) is 0 Å². The van der Waals surface area contributed by atoms with Gasteiger partial charge in [0.1, 0.15) is 11.9 Å². The maximum atomic E-state index is 11.1. The third-order valence-electron chi connectivity index (χ3n) is 2.74. The lowest BCUT2D eigenvalue weighted by Gasteiger charge is -2.09. The highest BCUT2D eigenvalue weighted by Gasteiger charge is 2.17. The van der Waals surface area contributed by atoms with Gasteiger partial charge in [-0.2, -0.15) is 11.8 Å². The van der Waals surface area contributed by atoms with Crippen molar-refractivity contribution in [2.24, 2.45) is 0 Å². The molecule has 0 unspecified atom stereocenters. The lowest BCUT2D eigenvalue weighted by molar-refractivity contribution is -0.384. The zero-order chi connectivity index (χ0) is 14.4. The predicted octanol–water partition coefficient (Wildman–Crippen LogP) is 3.47. The highest BCUT2D eigenvalue weighted by Crippen LogP contribution is 2.31. The Hall–Kier alpha value is -2.08. The molecule has 1 heterocycles. The molecule has 2 rings (SSSR count). The van der Waals surface area contributed by atoms with E-state index in [1.807, 2.05) is 30.3 Å². The van der Waals surface area contributed by atoms with Crippen LogP contribution in [0.5, 0.6) is 0 Å². The van der Waals surface area contributed by atoms with Crippen molar-refractivity contribution < 1.29 is 4.92 Å². The number of benzene rings is 1. The molecule has 2 aromatic rings. The molecule has 0 radical (unpaired) electrons. The van der Waals surface area contributed by atoms with Gasteiger partial charge in [-0.1, -0.05) is 24.3 Å². The Kier molecular flexibility index (Phi) is 4.95. The molecular weight excluding hydrogens is 274 g/mol. The molecule has 0 aliphatic rings. The van der Waals surface area contributed by atoms with Gasteiger partial charge in [-0.25, -0.2) is 4.98 Å². The summed E-state index contributed by atoms with van der Waals surface area (Å²) in [5.41, 5.74) is 1.30. The molecule has 0 aliphatic carbocycles. The number of anilines is 1. The summed E-state index contributed by atoms with van der Waals surface area (Å²) in [5, 5.41) is 15.0. The maximum Gasteiger partial charge on any atom is 0.311 e. The fourth-order valence-electron chi connectivity index (χ4n) is 1.87. The minimum absolute atomic E-state index is 0.0115. The van der Waals surface area contributed by atoms with Crippen molar-refractivity contribution in [3.63, 3.8) is 0 Å². The summed E-state index contributed by atoms with van der Waals surface area (Å²) >= 11 is 1.73. The third kappa shape index (κ3) is 3.27. The van der Waals surface area contributed by atoms with Gasteiger partial charge in [-0.3, -0.25) is 10.1 Å². The molecule has 5 nitrogen and oxygen atoms in total. The Morgan fingerprint density at radius 3 is 3.00 bits per heavy atom. The molecule has 1 N–H and O–H groups in total. The molecule has 0 saturated heterocycles. The number of nitrogens with zero attached hydrogens (tertiary/aromatic N) is 2. The Bertz CT molecular complexity index is 631. The fourth-order valence-corrected chi connectivity index (χ4v) is 2.45. The molecule has 0 bridgehead atoms. The normalized spacial score (nSPS) is 10.4. The van der Waals surface area contributed by atoms with Crippen LogP contribution in [-0.2, 0) is 0 Å². The number of nitro groups is 1. The topological polar surface area (TPSA) is 68.1 Å². The van der Waals surface area contributed by atoms with E-state index in [4.69, 9.17) is 0 Å². The van der Waals surface area contributed by atoms with Crippen LogP contribution >= 0.6 is 11.8 Å².